The lowest BCUT2D eigenvalue weighted by Gasteiger charge is -2.15. The molecule has 2 amide bonds. The second kappa shape index (κ2) is 7.97. The lowest BCUT2D eigenvalue weighted by Crippen LogP contribution is -2.32. The average molecular weight is 467 g/mol. The molecule has 3 aromatic rings. The number of carbonyl (C=O) groups excluding carboxylic acids is 2. The van der Waals surface area contributed by atoms with Crippen LogP contribution < -0.4 is 10.2 Å². The molecule has 0 bridgehead atoms. The van der Waals surface area contributed by atoms with Gasteiger partial charge in [0.05, 0.1) is 11.3 Å². The van der Waals surface area contributed by atoms with Gasteiger partial charge in [0.25, 0.3) is 11.8 Å². The zero-order chi connectivity index (χ0) is 20.5. The Morgan fingerprint density at radius 2 is 1.72 bits per heavy atom. The third kappa shape index (κ3) is 3.78. The summed E-state index contributed by atoms with van der Waals surface area (Å²) in [6.45, 7) is 4.27. The molecule has 0 aliphatic carbocycles. The van der Waals surface area contributed by atoms with Crippen molar-refractivity contribution in [2.75, 3.05) is 10.2 Å². The van der Waals surface area contributed by atoms with Gasteiger partial charge in [-0.1, -0.05) is 54.0 Å². The maximum absolute atomic E-state index is 13.3. The maximum atomic E-state index is 13.3. The number of amides is 2. The number of nitrogens with one attached hydrogen (secondary N) is 1. The van der Waals surface area contributed by atoms with Gasteiger partial charge in [-0.2, -0.15) is 0 Å². The van der Waals surface area contributed by atoms with E-state index in [0.717, 1.165) is 15.0 Å². The predicted molar refractivity (Wildman–Crippen MR) is 122 cm³/mol. The van der Waals surface area contributed by atoms with E-state index in [1.807, 2.05) is 47.8 Å². The van der Waals surface area contributed by atoms with Gasteiger partial charge in [-0.25, -0.2) is 4.90 Å². The third-order valence-electron chi connectivity index (χ3n) is 4.76. The highest BCUT2D eigenvalue weighted by atomic mass is 79.9. The summed E-state index contributed by atoms with van der Waals surface area (Å²) < 4.78 is 0.805. The first-order valence-corrected chi connectivity index (χ1v) is 10.9. The van der Waals surface area contributed by atoms with Crippen molar-refractivity contribution in [1.82, 2.24) is 0 Å². The summed E-state index contributed by atoms with van der Waals surface area (Å²) in [6.07, 6.45) is 0. The molecule has 0 unspecified atom stereocenters. The number of benzene rings is 2. The summed E-state index contributed by atoms with van der Waals surface area (Å²) in [6, 6.07) is 18.9. The molecule has 2 heterocycles. The van der Waals surface area contributed by atoms with Crippen LogP contribution in [0, 0.1) is 0 Å². The second-order valence-electron chi connectivity index (χ2n) is 7.05. The summed E-state index contributed by atoms with van der Waals surface area (Å²) in [5.41, 5.74) is 3.23. The fourth-order valence-corrected chi connectivity index (χ4v) is 4.40. The number of imide groups is 1. The van der Waals surface area contributed by atoms with Crippen molar-refractivity contribution >= 4 is 56.0 Å². The number of nitrogens with zero attached hydrogens (tertiary/aromatic N) is 1. The smallest absolute Gasteiger partial charge is 0.282 e. The largest absolute Gasteiger partial charge is 0.350 e. The molecule has 1 aliphatic rings. The summed E-state index contributed by atoms with van der Waals surface area (Å²) in [5.74, 6) is -0.257. The van der Waals surface area contributed by atoms with Gasteiger partial charge in [-0.05, 0) is 53.3 Å². The molecule has 0 fully saturated rings. The van der Waals surface area contributed by atoms with E-state index in [9.17, 15) is 9.59 Å². The third-order valence-corrected chi connectivity index (χ3v) is 6.15. The monoisotopic (exact) mass is 466 g/mol. The Morgan fingerprint density at radius 1 is 0.966 bits per heavy atom. The van der Waals surface area contributed by atoms with Crippen LogP contribution in [0.4, 0.5) is 11.4 Å². The molecule has 0 saturated heterocycles. The maximum Gasteiger partial charge on any atom is 0.282 e. The molecule has 4 rings (SSSR count). The van der Waals surface area contributed by atoms with Crippen molar-refractivity contribution in [3.63, 3.8) is 0 Å². The zero-order valence-electron chi connectivity index (χ0n) is 16.0. The van der Waals surface area contributed by atoms with Crippen molar-refractivity contribution in [3.05, 3.63) is 86.7 Å². The van der Waals surface area contributed by atoms with E-state index in [0.29, 0.717) is 22.9 Å². The van der Waals surface area contributed by atoms with E-state index in [-0.39, 0.29) is 11.8 Å². The van der Waals surface area contributed by atoms with Crippen molar-refractivity contribution in [2.45, 2.75) is 19.8 Å². The highest BCUT2D eigenvalue weighted by molar-refractivity contribution is 9.10. The van der Waals surface area contributed by atoms with Crippen molar-refractivity contribution < 1.29 is 9.59 Å². The van der Waals surface area contributed by atoms with Crippen LogP contribution in [0.15, 0.2) is 76.2 Å². The molecule has 2 aromatic carbocycles. The minimum atomic E-state index is -0.357. The molecule has 6 heteroatoms. The average Bonchev–Trinajstić information content (AvgIpc) is 3.29. The van der Waals surface area contributed by atoms with E-state index in [4.69, 9.17) is 0 Å². The number of thiophene rings is 1. The minimum absolute atomic E-state index is 0.301. The normalized spacial score (nSPS) is 14.3. The van der Waals surface area contributed by atoms with Gasteiger partial charge in [0.1, 0.15) is 5.70 Å². The summed E-state index contributed by atoms with van der Waals surface area (Å²) in [7, 11) is 0. The number of halogens is 1. The van der Waals surface area contributed by atoms with Crippen molar-refractivity contribution in [3.8, 4) is 0 Å². The molecule has 0 saturated carbocycles. The predicted octanol–water partition coefficient (Wildman–Crippen LogP) is 6.03. The molecule has 29 heavy (non-hydrogen) atoms. The standard InChI is InChI=1S/C23H19BrN2O2S/c1-14(2)15-8-10-17(11-9-15)25-21-20(19-7-4-12-29-19)22(27)26(23(21)28)18-6-3-5-16(24)13-18/h3-14,25H,1-2H3. The number of anilines is 2. The van der Waals surface area contributed by atoms with E-state index in [1.54, 1.807) is 18.2 Å². The van der Waals surface area contributed by atoms with E-state index < -0.39 is 0 Å². The summed E-state index contributed by atoms with van der Waals surface area (Å²) in [4.78, 5) is 28.5. The number of rotatable bonds is 5. The zero-order valence-corrected chi connectivity index (χ0v) is 18.4. The van der Waals surface area contributed by atoms with Gasteiger partial charge in [-0.3, -0.25) is 9.59 Å². The Labute approximate surface area is 182 Å². The lowest BCUT2D eigenvalue weighted by molar-refractivity contribution is -0.120. The molecule has 1 N–H and O–H groups in total. The molecule has 0 radical (unpaired) electrons. The summed E-state index contributed by atoms with van der Waals surface area (Å²) in [5, 5.41) is 5.10. The Balaban J connectivity index is 1.75. The quantitative estimate of drug-likeness (QED) is 0.466. The SMILES string of the molecule is CC(C)c1ccc(NC2=C(c3cccs3)C(=O)N(c3cccc(Br)c3)C2=O)cc1. The first-order chi connectivity index (χ1) is 14.0. The van der Waals surface area contributed by atoms with Crippen LogP contribution in [0.1, 0.15) is 30.2 Å². The van der Waals surface area contributed by atoms with Crippen molar-refractivity contribution in [2.24, 2.45) is 0 Å². The van der Waals surface area contributed by atoms with Gasteiger partial charge < -0.3 is 5.32 Å². The topological polar surface area (TPSA) is 49.4 Å². The van der Waals surface area contributed by atoms with E-state index >= 15 is 0 Å². The fraction of sp³-hybridized carbons (Fsp3) is 0.130. The van der Waals surface area contributed by atoms with E-state index in [1.165, 1.54) is 21.8 Å². The fourth-order valence-electron chi connectivity index (χ4n) is 3.24. The van der Waals surface area contributed by atoms with Crippen LogP contribution in [0.2, 0.25) is 0 Å². The van der Waals surface area contributed by atoms with Crippen LogP contribution in [0.5, 0.6) is 0 Å². The highest BCUT2D eigenvalue weighted by Gasteiger charge is 2.40. The molecule has 1 aliphatic heterocycles. The second-order valence-corrected chi connectivity index (χ2v) is 8.92. The first kappa shape index (κ1) is 19.6. The first-order valence-electron chi connectivity index (χ1n) is 9.25. The molecule has 146 valence electrons. The van der Waals surface area contributed by atoms with E-state index in [2.05, 4.69) is 35.1 Å². The molecular weight excluding hydrogens is 448 g/mol. The summed E-state index contributed by atoms with van der Waals surface area (Å²) >= 11 is 4.85. The van der Waals surface area contributed by atoms with Gasteiger partial charge >= 0.3 is 0 Å². The van der Waals surface area contributed by atoms with Crippen LogP contribution in [0.25, 0.3) is 5.57 Å². The Kier molecular flexibility index (Phi) is 5.39. The molecule has 4 nitrogen and oxygen atoms in total. The van der Waals surface area contributed by atoms with Gasteiger partial charge in [0, 0.05) is 15.0 Å². The molecule has 0 spiro atoms. The Morgan fingerprint density at radius 3 is 2.34 bits per heavy atom. The number of hydrogen-bond donors (Lipinski definition) is 1. The number of hydrogen-bond acceptors (Lipinski definition) is 4. The van der Waals surface area contributed by atoms with Crippen LogP contribution in [-0.2, 0) is 9.59 Å². The molecular formula is C23H19BrN2O2S. The highest BCUT2D eigenvalue weighted by Crippen LogP contribution is 2.36. The number of carbonyl (C=O) groups is 2. The Bertz CT molecular complexity index is 1100. The lowest BCUT2D eigenvalue weighted by atomic mass is 10.0. The van der Waals surface area contributed by atoms with Crippen LogP contribution in [-0.4, -0.2) is 11.8 Å². The molecule has 0 atom stereocenters. The minimum Gasteiger partial charge on any atom is -0.350 e. The van der Waals surface area contributed by atoms with Gasteiger partial charge in [0.2, 0.25) is 0 Å². The van der Waals surface area contributed by atoms with Crippen LogP contribution >= 0.6 is 27.3 Å². The van der Waals surface area contributed by atoms with Crippen molar-refractivity contribution in [1.29, 1.82) is 0 Å². The Hall–Kier alpha value is -2.70. The van der Waals surface area contributed by atoms with Crippen LogP contribution in [0.3, 0.4) is 0 Å². The van der Waals surface area contributed by atoms with Gasteiger partial charge in [0.15, 0.2) is 0 Å². The van der Waals surface area contributed by atoms with Gasteiger partial charge in [-0.15, -0.1) is 11.3 Å². The molecule has 1 aromatic heterocycles.